The SMILES string of the molecule is NC(Cc1ccccc1)C(=O)NCC(=O)Oc1ccc([N+](=O)[O-])cc1. The lowest BCUT2D eigenvalue weighted by Gasteiger charge is -2.12. The van der Waals surface area contributed by atoms with Crippen LogP contribution in [-0.2, 0) is 16.0 Å². The van der Waals surface area contributed by atoms with E-state index in [9.17, 15) is 19.7 Å². The number of amides is 1. The van der Waals surface area contributed by atoms with Gasteiger partial charge < -0.3 is 15.8 Å². The van der Waals surface area contributed by atoms with Gasteiger partial charge in [-0.15, -0.1) is 0 Å². The van der Waals surface area contributed by atoms with Crippen molar-refractivity contribution in [3.63, 3.8) is 0 Å². The number of carbonyl (C=O) groups is 2. The van der Waals surface area contributed by atoms with Crippen molar-refractivity contribution in [1.82, 2.24) is 5.32 Å². The Hall–Kier alpha value is -3.26. The van der Waals surface area contributed by atoms with Gasteiger partial charge in [0.1, 0.15) is 12.3 Å². The van der Waals surface area contributed by atoms with Crippen molar-refractivity contribution in [2.24, 2.45) is 5.73 Å². The van der Waals surface area contributed by atoms with Gasteiger partial charge in [-0.3, -0.25) is 14.9 Å². The van der Waals surface area contributed by atoms with Crippen LogP contribution in [0.3, 0.4) is 0 Å². The van der Waals surface area contributed by atoms with Gasteiger partial charge in [0.25, 0.3) is 5.69 Å². The van der Waals surface area contributed by atoms with E-state index in [1.165, 1.54) is 24.3 Å². The van der Waals surface area contributed by atoms with Crippen LogP contribution in [0.1, 0.15) is 5.56 Å². The fourth-order valence-electron chi connectivity index (χ4n) is 2.05. The number of ether oxygens (including phenoxy) is 1. The third-order valence-electron chi connectivity index (χ3n) is 3.32. The Balaban J connectivity index is 1.78. The Morgan fingerprint density at radius 3 is 2.36 bits per heavy atom. The number of non-ortho nitro benzene ring substituents is 1. The average Bonchev–Trinajstić information content (AvgIpc) is 2.61. The minimum atomic E-state index is -0.783. The van der Waals surface area contributed by atoms with E-state index in [2.05, 4.69) is 5.32 Å². The van der Waals surface area contributed by atoms with E-state index in [0.29, 0.717) is 6.42 Å². The Kier molecular flexibility index (Phi) is 6.19. The number of nitrogens with two attached hydrogens (primary N) is 1. The molecule has 0 aromatic heterocycles. The molecule has 1 atom stereocenters. The number of nitrogens with zero attached hydrogens (tertiary/aromatic N) is 1. The molecule has 130 valence electrons. The summed E-state index contributed by atoms with van der Waals surface area (Å²) >= 11 is 0. The fourth-order valence-corrected chi connectivity index (χ4v) is 2.05. The van der Waals surface area contributed by atoms with Crippen molar-refractivity contribution >= 4 is 17.6 Å². The van der Waals surface area contributed by atoms with Gasteiger partial charge in [-0.25, -0.2) is 4.79 Å². The predicted octanol–water partition coefficient (Wildman–Crippen LogP) is 1.19. The summed E-state index contributed by atoms with van der Waals surface area (Å²) in [6.07, 6.45) is 0.351. The first kappa shape index (κ1) is 18.1. The number of hydrogen-bond donors (Lipinski definition) is 2. The molecular formula is C17H17N3O5. The number of nitro groups is 1. The lowest BCUT2D eigenvalue weighted by atomic mass is 10.1. The number of nitrogens with one attached hydrogen (secondary N) is 1. The number of esters is 1. The second-order valence-corrected chi connectivity index (χ2v) is 5.24. The van der Waals surface area contributed by atoms with Crippen LogP contribution in [0.5, 0.6) is 5.75 Å². The molecule has 25 heavy (non-hydrogen) atoms. The molecule has 0 aliphatic heterocycles. The molecule has 0 saturated carbocycles. The van der Waals surface area contributed by atoms with E-state index in [0.717, 1.165) is 5.56 Å². The van der Waals surface area contributed by atoms with Crippen molar-refractivity contribution < 1.29 is 19.2 Å². The minimum absolute atomic E-state index is 0.111. The number of rotatable bonds is 7. The summed E-state index contributed by atoms with van der Waals surface area (Å²) in [5, 5.41) is 13.0. The van der Waals surface area contributed by atoms with Crippen LogP contribution < -0.4 is 15.8 Å². The van der Waals surface area contributed by atoms with Crippen molar-refractivity contribution in [2.45, 2.75) is 12.5 Å². The average molecular weight is 343 g/mol. The van der Waals surface area contributed by atoms with E-state index in [1.54, 1.807) is 0 Å². The van der Waals surface area contributed by atoms with Gasteiger partial charge in [-0.05, 0) is 24.1 Å². The van der Waals surface area contributed by atoms with Crippen LogP contribution in [0.25, 0.3) is 0 Å². The van der Waals surface area contributed by atoms with Crippen LogP contribution in [0, 0.1) is 10.1 Å². The summed E-state index contributed by atoms with van der Waals surface area (Å²) in [6, 6.07) is 13.5. The molecular weight excluding hydrogens is 326 g/mol. The van der Waals surface area contributed by atoms with E-state index in [-0.39, 0.29) is 18.0 Å². The Morgan fingerprint density at radius 2 is 1.76 bits per heavy atom. The molecule has 2 aromatic carbocycles. The Labute approximate surface area is 143 Å². The fraction of sp³-hybridized carbons (Fsp3) is 0.176. The van der Waals surface area contributed by atoms with Gasteiger partial charge in [0.2, 0.25) is 5.91 Å². The summed E-state index contributed by atoms with van der Waals surface area (Å²) in [4.78, 5) is 33.6. The first-order chi connectivity index (χ1) is 12.0. The first-order valence-corrected chi connectivity index (χ1v) is 7.48. The molecule has 0 aliphatic carbocycles. The lowest BCUT2D eigenvalue weighted by Crippen LogP contribution is -2.44. The summed E-state index contributed by atoms with van der Waals surface area (Å²) in [5.41, 5.74) is 6.61. The van der Waals surface area contributed by atoms with Crippen molar-refractivity contribution in [1.29, 1.82) is 0 Å². The Morgan fingerprint density at radius 1 is 1.12 bits per heavy atom. The van der Waals surface area contributed by atoms with Gasteiger partial charge >= 0.3 is 5.97 Å². The second-order valence-electron chi connectivity index (χ2n) is 5.24. The third-order valence-corrected chi connectivity index (χ3v) is 3.32. The van der Waals surface area contributed by atoms with Crippen molar-refractivity contribution in [3.8, 4) is 5.75 Å². The largest absolute Gasteiger partial charge is 0.425 e. The second kappa shape index (κ2) is 8.55. The molecule has 0 bridgehead atoms. The normalized spacial score (nSPS) is 11.4. The molecule has 0 saturated heterocycles. The molecule has 1 unspecified atom stereocenters. The smallest absolute Gasteiger partial charge is 0.330 e. The van der Waals surface area contributed by atoms with E-state index < -0.39 is 22.8 Å². The molecule has 8 heteroatoms. The molecule has 2 aromatic rings. The summed E-state index contributed by atoms with van der Waals surface area (Å²) in [7, 11) is 0. The van der Waals surface area contributed by atoms with Gasteiger partial charge in [0, 0.05) is 12.1 Å². The van der Waals surface area contributed by atoms with Crippen LogP contribution >= 0.6 is 0 Å². The van der Waals surface area contributed by atoms with Gasteiger partial charge in [0.15, 0.2) is 0 Å². The monoisotopic (exact) mass is 343 g/mol. The molecule has 0 spiro atoms. The number of nitro benzene ring substituents is 1. The molecule has 2 rings (SSSR count). The molecule has 0 fully saturated rings. The van der Waals surface area contributed by atoms with Gasteiger partial charge in [0.05, 0.1) is 11.0 Å². The number of benzene rings is 2. The van der Waals surface area contributed by atoms with Crippen LogP contribution in [0.4, 0.5) is 5.69 Å². The van der Waals surface area contributed by atoms with E-state index >= 15 is 0 Å². The molecule has 1 amide bonds. The highest BCUT2D eigenvalue weighted by Gasteiger charge is 2.16. The van der Waals surface area contributed by atoms with E-state index in [1.807, 2.05) is 30.3 Å². The predicted molar refractivity (Wildman–Crippen MR) is 89.9 cm³/mol. The third kappa shape index (κ3) is 5.70. The standard InChI is InChI=1S/C17H17N3O5/c18-15(10-12-4-2-1-3-5-12)17(22)19-11-16(21)25-14-8-6-13(7-9-14)20(23)24/h1-9,15H,10-11,18H2,(H,19,22). The van der Waals surface area contributed by atoms with E-state index in [4.69, 9.17) is 10.5 Å². The highest BCUT2D eigenvalue weighted by Crippen LogP contribution is 2.17. The molecule has 0 heterocycles. The summed E-state index contributed by atoms with van der Waals surface area (Å²) in [6.45, 7) is -0.349. The highest BCUT2D eigenvalue weighted by atomic mass is 16.6. The lowest BCUT2D eigenvalue weighted by molar-refractivity contribution is -0.384. The zero-order chi connectivity index (χ0) is 18.2. The maximum absolute atomic E-state index is 11.9. The molecule has 8 nitrogen and oxygen atoms in total. The Bertz CT molecular complexity index is 747. The van der Waals surface area contributed by atoms with Crippen molar-refractivity contribution in [2.75, 3.05) is 6.54 Å². The van der Waals surface area contributed by atoms with Crippen LogP contribution in [0.2, 0.25) is 0 Å². The molecule has 3 N–H and O–H groups in total. The number of carbonyl (C=O) groups excluding carboxylic acids is 2. The molecule has 0 aliphatic rings. The van der Waals surface area contributed by atoms with Crippen LogP contribution in [-0.4, -0.2) is 29.4 Å². The molecule has 0 radical (unpaired) electrons. The van der Waals surface area contributed by atoms with Gasteiger partial charge in [-0.2, -0.15) is 0 Å². The van der Waals surface area contributed by atoms with Crippen LogP contribution in [0.15, 0.2) is 54.6 Å². The summed E-state index contributed by atoms with van der Waals surface area (Å²) in [5.74, 6) is -1.02. The first-order valence-electron chi connectivity index (χ1n) is 7.48. The zero-order valence-electron chi connectivity index (χ0n) is 13.3. The topological polar surface area (TPSA) is 125 Å². The van der Waals surface area contributed by atoms with Crippen molar-refractivity contribution in [3.05, 3.63) is 70.3 Å². The quantitative estimate of drug-likeness (QED) is 0.337. The number of hydrogen-bond acceptors (Lipinski definition) is 6. The highest BCUT2D eigenvalue weighted by molar-refractivity contribution is 5.86. The maximum Gasteiger partial charge on any atom is 0.330 e. The maximum atomic E-state index is 11.9. The van der Waals surface area contributed by atoms with Gasteiger partial charge in [-0.1, -0.05) is 30.3 Å². The summed E-state index contributed by atoms with van der Waals surface area (Å²) < 4.78 is 4.98. The minimum Gasteiger partial charge on any atom is -0.425 e. The zero-order valence-corrected chi connectivity index (χ0v) is 13.3.